The van der Waals surface area contributed by atoms with Crippen LogP contribution < -0.4 is 5.32 Å². The number of anilines is 1. The average Bonchev–Trinajstić information content (AvgIpc) is 2.48. The lowest BCUT2D eigenvalue weighted by Gasteiger charge is -2.21. The number of nitrogens with one attached hydrogen (secondary N) is 1. The third-order valence-electron chi connectivity index (χ3n) is 4.39. The average molecular weight is 288 g/mol. The van der Waals surface area contributed by atoms with Crippen molar-refractivity contribution in [2.45, 2.75) is 51.4 Å². The minimum atomic E-state index is -0.0747. The Kier molecular flexibility index (Phi) is 6.09. The third kappa shape index (κ3) is 5.41. The molecular formula is C18H28N2O. The van der Waals surface area contributed by atoms with Gasteiger partial charge >= 0.3 is 6.03 Å². The molecule has 1 aromatic rings. The van der Waals surface area contributed by atoms with Crippen LogP contribution in [0, 0.1) is 5.92 Å². The number of carbonyl (C=O) groups is 1. The highest BCUT2D eigenvalue weighted by atomic mass is 16.2. The first-order chi connectivity index (χ1) is 10.1. The van der Waals surface area contributed by atoms with E-state index < -0.39 is 0 Å². The number of rotatable bonds is 5. The zero-order chi connectivity index (χ0) is 15.1. The second-order valence-electron chi connectivity index (χ2n) is 6.42. The zero-order valence-corrected chi connectivity index (χ0v) is 13.4. The van der Waals surface area contributed by atoms with E-state index in [0.29, 0.717) is 0 Å². The lowest BCUT2D eigenvalue weighted by molar-refractivity contribution is 0.230. The number of amides is 2. The Bertz CT molecular complexity index is 450. The van der Waals surface area contributed by atoms with Gasteiger partial charge in [0.15, 0.2) is 0 Å². The Morgan fingerprint density at radius 1 is 1.24 bits per heavy atom. The van der Waals surface area contributed by atoms with Crippen LogP contribution in [0.4, 0.5) is 10.5 Å². The first kappa shape index (κ1) is 15.9. The van der Waals surface area contributed by atoms with Crippen LogP contribution in [0.3, 0.4) is 0 Å². The number of benzene rings is 1. The molecule has 116 valence electrons. The van der Waals surface area contributed by atoms with E-state index >= 15 is 0 Å². The molecule has 1 aliphatic rings. The Morgan fingerprint density at radius 2 is 2.00 bits per heavy atom. The molecule has 0 aromatic heterocycles. The summed E-state index contributed by atoms with van der Waals surface area (Å²) in [5.41, 5.74) is 2.21. The van der Waals surface area contributed by atoms with Crippen LogP contribution in [0.1, 0.15) is 50.5 Å². The fourth-order valence-corrected chi connectivity index (χ4v) is 3.11. The Morgan fingerprint density at radius 3 is 2.71 bits per heavy atom. The van der Waals surface area contributed by atoms with Crippen molar-refractivity contribution in [2.75, 3.05) is 19.4 Å². The number of aryl methyl sites for hydroxylation is 1. The molecule has 0 spiro atoms. The summed E-state index contributed by atoms with van der Waals surface area (Å²) in [5.74, 6) is 0.954. The van der Waals surface area contributed by atoms with Crippen molar-refractivity contribution in [3.63, 3.8) is 0 Å². The minimum Gasteiger partial charge on any atom is -0.331 e. The maximum absolute atomic E-state index is 11.7. The van der Waals surface area contributed by atoms with Gasteiger partial charge in [-0.15, -0.1) is 0 Å². The first-order valence-corrected chi connectivity index (χ1v) is 8.22. The van der Waals surface area contributed by atoms with Gasteiger partial charge < -0.3 is 10.2 Å². The minimum absolute atomic E-state index is 0.0747. The molecule has 0 heterocycles. The molecule has 2 amide bonds. The maximum atomic E-state index is 11.7. The fourth-order valence-electron chi connectivity index (χ4n) is 3.11. The summed E-state index contributed by atoms with van der Waals surface area (Å²) in [6.45, 7) is 0. The van der Waals surface area contributed by atoms with E-state index in [1.54, 1.807) is 19.0 Å². The Labute approximate surface area is 128 Å². The molecule has 21 heavy (non-hydrogen) atoms. The van der Waals surface area contributed by atoms with Gasteiger partial charge in [-0.25, -0.2) is 4.79 Å². The number of nitrogens with zero attached hydrogens (tertiary/aromatic N) is 1. The van der Waals surface area contributed by atoms with Gasteiger partial charge in [0.1, 0.15) is 0 Å². The van der Waals surface area contributed by atoms with Crippen molar-refractivity contribution in [1.82, 2.24) is 4.90 Å². The summed E-state index contributed by atoms with van der Waals surface area (Å²) in [6.07, 6.45) is 10.9. The lowest BCUT2D eigenvalue weighted by atomic mass is 9.85. The normalized spacial score (nSPS) is 15.7. The topological polar surface area (TPSA) is 32.3 Å². The van der Waals surface area contributed by atoms with E-state index in [9.17, 15) is 4.79 Å². The highest BCUT2D eigenvalue weighted by Gasteiger charge is 2.12. The Balaban J connectivity index is 1.79. The van der Waals surface area contributed by atoms with Crippen LogP contribution in [0.5, 0.6) is 0 Å². The molecule has 0 saturated heterocycles. The van der Waals surface area contributed by atoms with Gasteiger partial charge in [0, 0.05) is 19.8 Å². The maximum Gasteiger partial charge on any atom is 0.321 e. The second-order valence-corrected chi connectivity index (χ2v) is 6.42. The molecule has 0 atom stereocenters. The van der Waals surface area contributed by atoms with Crippen molar-refractivity contribution in [1.29, 1.82) is 0 Å². The molecular weight excluding hydrogens is 260 g/mol. The van der Waals surface area contributed by atoms with E-state index in [1.165, 1.54) is 50.5 Å². The van der Waals surface area contributed by atoms with E-state index in [0.717, 1.165) is 18.0 Å². The standard InChI is InChI=1S/C18H28N2O/c1-20(2)18(21)19-17-13-7-12-16(14-17)11-6-10-15-8-4-3-5-9-15/h7,12-15H,3-6,8-11H2,1-2H3,(H,19,21). The fraction of sp³-hybridized carbons (Fsp3) is 0.611. The molecule has 0 bridgehead atoms. The highest BCUT2D eigenvalue weighted by molar-refractivity contribution is 5.88. The van der Waals surface area contributed by atoms with Crippen molar-refractivity contribution in [3.8, 4) is 0 Å². The summed E-state index contributed by atoms with van der Waals surface area (Å²) in [5, 5.41) is 2.91. The van der Waals surface area contributed by atoms with Crippen LogP contribution in [-0.2, 0) is 6.42 Å². The molecule has 3 heteroatoms. The zero-order valence-electron chi connectivity index (χ0n) is 13.4. The number of urea groups is 1. The number of carbonyl (C=O) groups excluding carboxylic acids is 1. The summed E-state index contributed by atoms with van der Waals surface area (Å²) in [7, 11) is 3.51. The van der Waals surface area contributed by atoms with Gasteiger partial charge in [-0.2, -0.15) is 0 Å². The monoisotopic (exact) mass is 288 g/mol. The Hall–Kier alpha value is -1.51. The van der Waals surface area contributed by atoms with Crippen molar-refractivity contribution >= 4 is 11.7 Å². The van der Waals surface area contributed by atoms with Gasteiger partial charge in [-0.1, -0.05) is 50.7 Å². The molecule has 0 unspecified atom stereocenters. The van der Waals surface area contributed by atoms with E-state index in [2.05, 4.69) is 17.4 Å². The lowest BCUT2D eigenvalue weighted by Crippen LogP contribution is -2.27. The van der Waals surface area contributed by atoms with E-state index in [4.69, 9.17) is 0 Å². The van der Waals surface area contributed by atoms with Gasteiger partial charge in [0.25, 0.3) is 0 Å². The van der Waals surface area contributed by atoms with Crippen molar-refractivity contribution in [2.24, 2.45) is 5.92 Å². The summed E-state index contributed by atoms with van der Waals surface area (Å²) in [6, 6.07) is 8.16. The molecule has 1 fully saturated rings. The molecule has 1 N–H and O–H groups in total. The number of hydrogen-bond donors (Lipinski definition) is 1. The van der Waals surface area contributed by atoms with Crippen molar-refractivity contribution < 1.29 is 4.79 Å². The van der Waals surface area contributed by atoms with Gasteiger partial charge in [-0.05, 0) is 36.5 Å². The smallest absolute Gasteiger partial charge is 0.321 e. The molecule has 1 aliphatic carbocycles. The van der Waals surface area contributed by atoms with Crippen LogP contribution in [0.15, 0.2) is 24.3 Å². The van der Waals surface area contributed by atoms with Crippen LogP contribution in [0.2, 0.25) is 0 Å². The molecule has 0 radical (unpaired) electrons. The number of hydrogen-bond acceptors (Lipinski definition) is 1. The third-order valence-corrected chi connectivity index (χ3v) is 4.39. The van der Waals surface area contributed by atoms with Gasteiger partial charge in [0.2, 0.25) is 0 Å². The predicted octanol–water partition coefficient (Wildman–Crippen LogP) is 4.68. The predicted molar refractivity (Wildman–Crippen MR) is 88.7 cm³/mol. The summed E-state index contributed by atoms with van der Waals surface area (Å²) < 4.78 is 0. The van der Waals surface area contributed by atoms with Gasteiger partial charge in [0.05, 0.1) is 0 Å². The second kappa shape index (κ2) is 8.06. The van der Waals surface area contributed by atoms with Crippen LogP contribution in [-0.4, -0.2) is 25.0 Å². The SMILES string of the molecule is CN(C)C(=O)Nc1cccc(CCCC2CCCCC2)c1. The molecule has 1 aromatic carbocycles. The quantitative estimate of drug-likeness (QED) is 0.838. The highest BCUT2D eigenvalue weighted by Crippen LogP contribution is 2.28. The summed E-state index contributed by atoms with van der Waals surface area (Å²) >= 11 is 0. The van der Waals surface area contributed by atoms with Crippen LogP contribution in [0.25, 0.3) is 0 Å². The largest absolute Gasteiger partial charge is 0.331 e. The van der Waals surface area contributed by atoms with Crippen LogP contribution >= 0.6 is 0 Å². The molecule has 2 rings (SSSR count). The van der Waals surface area contributed by atoms with E-state index in [1.807, 2.05) is 12.1 Å². The van der Waals surface area contributed by atoms with Crippen molar-refractivity contribution in [3.05, 3.63) is 29.8 Å². The molecule has 1 saturated carbocycles. The van der Waals surface area contributed by atoms with E-state index in [-0.39, 0.29) is 6.03 Å². The summed E-state index contributed by atoms with van der Waals surface area (Å²) in [4.78, 5) is 13.2. The molecule has 0 aliphatic heterocycles. The van der Waals surface area contributed by atoms with Gasteiger partial charge in [-0.3, -0.25) is 0 Å². The first-order valence-electron chi connectivity index (χ1n) is 8.22. The molecule has 3 nitrogen and oxygen atoms in total.